The number of benzene rings is 3. The third kappa shape index (κ3) is 6.90. The molecule has 1 N–H and O–H groups in total. The van der Waals surface area contributed by atoms with Crippen molar-refractivity contribution in [3.05, 3.63) is 75.3 Å². The molecule has 4 rings (SSSR count). The van der Waals surface area contributed by atoms with Gasteiger partial charge >= 0.3 is 0 Å². The maximum atomic E-state index is 14.0. The van der Waals surface area contributed by atoms with E-state index in [4.69, 9.17) is 21.1 Å². The summed E-state index contributed by atoms with van der Waals surface area (Å²) in [5.74, 6) is -0.696. The maximum absolute atomic E-state index is 14.0. The molecule has 236 valence electrons. The number of piperidine rings is 1. The molecule has 1 aliphatic rings. The SMILES string of the molecule is COc1ccc(Cl)cc1N(CC(=O)Nc1ccc(OC)c(S(=O)(=O)N2CCCCC2)c1)S(=O)(=O)c1ccc(C)c([N+](=O)[O-])c1. The Bertz CT molecular complexity index is 1790. The van der Waals surface area contributed by atoms with Crippen molar-refractivity contribution >= 4 is 54.6 Å². The first kappa shape index (κ1) is 33.0. The number of nitrogens with zero attached hydrogens (tertiary/aromatic N) is 3. The van der Waals surface area contributed by atoms with Gasteiger partial charge in [0.05, 0.1) is 29.7 Å². The zero-order valence-electron chi connectivity index (χ0n) is 24.1. The van der Waals surface area contributed by atoms with Gasteiger partial charge in [0.25, 0.3) is 15.7 Å². The maximum Gasteiger partial charge on any atom is 0.273 e. The van der Waals surface area contributed by atoms with Crippen LogP contribution in [0.15, 0.2) is 64.4 Å². The normalized spacial score (nSPS) is 14.1. The van der Waals surface area contributed by atoms with Crippen molar-refractivity contribution in [3.63, 3.8) is 0 Å². The lowest BCUT2D eigenvalue weighted by Gasteiger charge is -2.27. The van der Waals surface area contributed by atoms with Crippen LogP contribution in [-0.4, -0.2) is 65.8 Å². The molecule has 0 saturated carbocycles. The van der Waals surface area contributed by atoms with Crippen molar-refractivity contribution in [1.29, 1.82) is 0 Å². The largest absolute Gasteiger partial charge is 0.495 e. The Morgan fingerprint density at radius 2 is 1.64 bits per heavy atom. The van der Waals surface area contributed by atoms with E-state index < -0.39 is 48.0 Å². The summed E-state index contributed by atoms with van der Waals surface area (Å²) in [5, 5.41) is 14.2. The number of anilines is 2. The second-order valence-electron chi connectivity index (χ2n) is 9.91. The topological polar surface area (TPSA) is 165 Å². The first-order valence-corrected chi connectivity index (χ1v) is 16.6. The van der Waals surface area contributed by atoms with Gasteiger partial charge in [0, 0.05) is 35.4 Å². The summed E-state index contributed by atoms with van der Waals surface area (Å²) < 4.78 is 67.5. The van der Waals surface area contributed by atoms with E-state index in [1.165, 1.54) is 74.0 Å². The summed E-state index contributed by atoms with van der Waals surface area (Å²) in [4.78, 5) is 23.7. The third-order valence-corrected chi connectivity index (χ3v) is 11.0. The Morgan fingerprint density at radius 3 is 2.27 bits per heavy atom. The van der Waals surface area contributed by atoms with Crippen LogP contribution in [0.3, 0.4) is 0 Å². The number of amides is 1. The average Bonchev–Trinajstić information content (AvgIpc) is 3.00. The fourth-order valence-electron chi connectivity index (χ4n) is 4.76. The van der Waals surface area contributed by atoms with Gasteiger partial charge in [-0.2, -0.15) is 4.31 Å². The van der Waals surface area contributed by atoms with E-state index in [2.05, 4.69) is 5.32 Å². The molecule has 0 radical (unpaired) electrons. The van der Waals surface area contributed by atoms with Crippen LogP contribution in [0, 0.1) is 17.0 Å². The smallest absolute Gasteiger partial charge is 0.273 e. The monoisotopic (exact) mass is 666 g/mol. The molecule has 3 aromatic carbocycles. The van der Waals surface area contributed by atoms with E-state index in [9.17, 15) is 31.7 Å². The van der Waals surface area contributed by atoms with Gasteiger partial charge in [0.2, 0.25) is 15.9 Å². The lowest BCUT2D eigenvalue weighted by atomic mass is 10.2. The minimum atomic E-state index is -4.61. The first-order chi connectivity index (χ1) is 20.8. The highest BCUT2D eigenvalue weighted by Crippen LogP contribution is 2.36. The number of sulfonamides is 2. The lowest BCUT2D eigenvalue weighted by Crippen LogP contribution is -2.38. The number of hydrogen-bond acceptors (Lipinski definition) is 9. The third-order valence-electron chi connectivity index (χ3n) is 7.04. The van der Waals surface area contributed by atoms with Crippen LogP contribution >= 0.6 is 11.6 Å². The standard InChI is InChI=1S/C28H31ClN4O9S2/c1-19-7-10-22(17-23(19)33(35)36)43(37,38)32(24-15-20(29)8-11-25(24)41-2)18-28(34)30-21-9-12-26(42-3)27(16-21)44(39,40)31-13-5-4-6-14-31/h7-12,15-17H,4-6,13-14,18H2,1-3H3,(H,30,34). The Balaban J connectivity index is 1.73. The molecule has 13 nitrogen and oxygen atoms in total. The number of nitro groups is 1. The second-order valence-corrected chi connectivity index (χ2v) is 14.1. The van der Waals surface area contributed by atoms with Crippen molar-refractivity contribution in [2.24, 2.45) is 0 Å². The average molecular weight is 667 g/mol. The lowest BCUT2D eigenvalue weighted by molar-refractivity contribution is -0.385. The van der Waals surface area contributed by atoms with E-state index in [1.807, 2.05) is 0 Å². The van der Waals surface area contributed by atoms with Gasteiger partial charge < -0.3 is 14.8 Å². The van der Waals surface area contributed by atoms with Crippen molar-refractivity contribution in [2.45, 2.75) is 36.0 Å². The highest BCUT2D eigenvalue weighted by molar-refractivity contribution is 7.93. The van der Waals surface area contributed by atoms with E-state index in [0.29, 0.717) is 13.1 Å². The molecule has 0 bridgehead atoms. The molecule has 44 heavy (non-hydrogen) atoms. The Labute approximate surface area is 260 Å². The van der Waals surface area contributed by atoms with E-state index in [0.717, 1.165) is 29.6 Å². The van der Waals surface area contributed by atoms with Crippen LogP contribution in [0.2, 0.25) is 5.02 Å². The predicted molar refractivity (Wildman–Crippen MR) is 165 cm³/mol. The molecule has 0 atom stereocenters. The van der Waals surface area contributed by atoms with Crippen LogP contribution in [0.5, 0.6) is 11.5 Å². The zero-order valence-corrected chi connectivity index (χ0v) is 26.5. The van der Waals surface area contributed by atoms with Crippen LogP contribution in [0.1, 0.15) is 24.8 Å². The number of nitrogens with one attached hydrogen (secondary N) is 1. The molecule has 0 spiro atoms. The van der Waals surface area contributed by atoms with Gasteiger partial charge in [-0.25, -0.2) is 16.8 Å². The molecule has 0 aliphatic carbocycles. The van der Waals surface area contributed by atoms with Crippen LogP contribution in [0.25, 0.3) is 0 Å². The summed E-state index contributed by atoms with van der Waals surface area (Å²) in [5.41, 5.74) is -0.197. The number of carbonyl (C=O) groups is 1. The minimum absolute atomic E-state index is 0.0618. The van der Waals surface area contributed by atoms with Crippen molar-refractivity contribution in [1.82, 2.24) is 4.31 Å². The van der Waals surface area contributed by atoms with Gasteiger partial charge in [-0.3, -0.25) is 19.2 Å². The minimum Gasteiger partial charge on any atom is -0.495 e. The van der Waals surface area contributed by atoms with Crippen LogP contribution in [-0.2, 0) is 24.8 Å². The van der Waals surface area contributed by atoms with Gasteiger partial charge in [0.15, 0.2) is 0 Å². The van der Waals surface area contributed by atoms with E-state index in [-0.39, 0.29) is 38.4 Å². The van der Waals surface area contributed by atoms with Gasteiger partial charge in [-0.05, 0) is 62.2 Å². The predicted octanol–water partition coefficient (Wildman–Crippen LogP) is 4.58. The number of nitro benzene ring substituents is 1. The molecular weight excluding hydrogens is 636 g/mol. The zero-order chi connectivity index (χ0) is 32.2. The summed E-state index contributed by atoms with van der Waals surface area (Å²) in [6, 6.07) is 11.6. The number of methoxy groups -OCH3 is 2. The van der Waals surface area contributed by atoms with Crippen molar-refractivity contribution < 1.29 is 36.0 Å². The molecule has 0 unspecified atom stereocenters. The fraction of sp³-hybridized carbons (Fsp3) is 0.321. The Hall–Kier alpha value is -3.92. The molecule has 1 saturated heterocycles. The summed E-state index contributed by atoms with van der Waals surface area (Å²) in [6.07, 6.45) is 2.37. The fourth-order valence-corrected chi connectivity index (χ4v) is 8.07. The molecular formula is C28H31ClN4O9S2. The first-order valence-electron chi connectivity index (χ1n) is 13.4. The number of aryl methyl sites for hydroxylation is 1. The van der Waals surface area contributed by atoms with Crippen molar-refractivity contribution in [3.8, 4) is 11.5 Å². The van der Waals surface area contributed by atoms with Gasteiger partial charge in [-0.1, -0.05) is 24.1 Å². The summed E-state index contributed by atoms with van der Waals surface area (Å²) in [7, 11) is -5.93. The molecule has 16 heteroatoms. The second kappa shape index (κ2) is 13.4. The highest BCUT2D eigenvalue weighted by atomic mass is 35.5. The number of hydrogen-bond donors (Lipinski definition) is 1. The van der Waals surface area contributed by atoms with Crippen LogP contribution in [0.4, 0.5) is 17.1 Å². The number of halogens is 1. The molecule has 1 fully saturated rings. The van der Waals surface area contributed by atoms with E-state index >= 15 is 0 Å². The van der Waals surface area contributed by atoms with Crippen LogP contribution < -0.4 is 19.1 Å². The van der Waals surface area contributed by atoms with E-state index in [1.54, 1.807) is 0 Å². The molecule has 0 aromatic heterocycles. The number of carbonyl (C=O) groups excluding carboxylic acids is 1. The van der Waals surface area contributed by atoms with Gasteiger partial charge in [0.1, 0.15) is 22.9 Å². The Morgan fingerprint density at radius 1 is 0.977 bits per heavy atom. The number of ether oxygens (including phenoxy) is 2. The highest BCUT2D eigenvalue weighted by Gasteiger charge is 2.33. The van der Waals surface area contributed by atoms with Crippen molar-refractivity contribution in [2.75, 3.05) is 43.5 Å². The molecule has 3 aromatic rings. The summed E-state index contributed by atoms with van der Waals surface area (Å²) >= 11 is 6.18. The molecule has 1 aliphatic heterocycles. The summed E-state index contributed by atoms with van der Waals surface area (Å²) in [6.45, 7) is 1.36. The van der Waals surface area contributed by atoms with Gasteiger partial charge in [-0.15, -0.1) is 0 Å². The number of rotatable bonds is 11. The molecule has 1 heterocycles. The molecule has 1 amide bonds. The quantitative estimate of drug-likeness (QED) is 0.228. The Kier molecular flexibility index (Phi) is 10.0.